The lowest BCUT2D eigenvalue weighted by Gasteiger charge is -2.13. The average Bonchev–Trinajstić information content (AvgIpc) is 2.67. The molecule has 0 N–H and O–H groups in total. The Labute approximate surface area is 196 Å². The molecule has 2 aromatic carbocycles. The fraction of sp³-hybridized carbons (Fsp3) is 0.286. The van der Waals surface area contributed by atoms with Gasteiger partial charge in [-0.05, 0) is 49.8 Å². The van der Waals surface area contributed by atoms with E-state index in [1.54, 1.807) is 18.3 Å². The van der Waals surface area contributed by atoms with E-state index >= 15 is 0 Å². The van der Waals surface area contributed by atoms with Gasteiger partial charge >= 0.3 is 0 Å². The van der Waals surface area contributed by atoms with Crippen molar-refractivity contribution in [3.8, 4) is 17.2 Å². The van der Waals surface area contributed by atoms with Crippen molar-refractivity contribution >= 4 is 52.6 Å². The van der Waals surface area contributed by atoms with Crippen LogP contribution in [0.25, 0.3) is 0 Å². The molecule has 0 spiro atoms. The summed E-state index contributed by atoms with van der Waals surface area (Å²) >= 11 is 23.5. The molecule has 0 amide bonds. The van der Waals surface area contributed by atoms with Crippen molar-refractivity contribution in [2.24, 2.45) is 5.16 Å². The normalized spacial score (nSPS) is 10.9. The Kier molecular flexibility index (Phi) is 10.4. The lowest BCUT2D eigenvalue weighted by atomic mass is 10.2. The van der Waals surface area contributed by atoms with Gasteiger partial charge in [0.15, 0.2) is 5.75 Å². The van der Waals surface area contributed by atoms with Gasteiger partial charge in [-0.15, -0.1) is 0 Å². The van der Waals surface area contributed by atoms with E-state index in [-0.39, 0.29) is 23.8 Å². The second kappa shape index (κ2) is 12.8. The minimum atomic E-state index is 0.0433. The third kappa shape index (κ3) is 8.92. The van der Waals surface area contributed by atoms with Crippen molar-refractivity contribution in [2.45, 2.75) is 20.0 Å². The van der Waals surface area contributed by atoms with Crippen LogP contribution in [0.3, 0.4) is 0 Å². The fourth-order valence-corrected chi connectivity index (χ4v) is 2.83. The van der Waals surface area contributed by atoms with Crippen molar-refractivity contribution in [3.05, 3.63) is 62.6 Å². The van der Waals surface area contributed by atoms with Crippen molar-refractivity contribution < 1.29 is 19.0 Å². The minimum Gasteiger partial charge on any atom is -0.490 e. The molecule has 0 aliphatic rings. The first kappa shape index (κ1) is 24.5. The molecule has 0 atom stereocenters. The molecular weight excluding hydrogens is 472 g/mol. The molecule has 0 saturated heterocycles. The van der Waals surface area contributed by atoms with E-state index in [4.69, 9.17) is 65.5 Å². The summed E-state index contributed by atoms with van der Waals surface area (Å²) in [5.41, 5.74) is 0.906. The number of oxime groups is 1. The Hall–Kier alpha value is -1.79. The van der Waals surface area contributed by atoms with Crippen LogP contribution in [0.5, 0.6) is 17.2 Å². The van der Waals surface area contributed by atoms with E-state index in [1.165, 1.54) is 6.08 Å². The molecule has 162 valence electrons. The highest BCUT2D eigenvalue weighted by Crippen LogP contribution is 2.37. The molecule has 0 aromatic heterocycles. The standard InChI is InChI=1S/C21H21Cl4NO4/c1-14(2)30-26-13-15-3-5-16(6-4-15)28-9-10-29-21-18(22)11-17(12-19(21)23)27-8-7-20(24)25/h3-7,11-14H,8-10H2,1-2H3. The van der Waals surface area contributed by atoms with E-state index in [0.29, 0.717) is 33.9 Å². The number of nitrogens with zero attached hydrogens (tertiary/aromatic N) is 1. The Balaban J connectivity index is 1.81. The van der Waals surface area contributed by atoms with Crippen LogP contribution in [0.2, 0.25) is 10.0 Å². The Bertz CT molecular complexity index is 843. The third-order valence-corrected chi connectivity index (χ3v) is 4.28. The SMILES string of the molecule is CC(C)ON=Cc1ccc(OCCOc2c(Cl)cc(OCC=C(Cl)Cl)cc2Cl)cc1. The maximum atomic E-state index is 6.23. The van der Waals surface area contributed by atoms with Gasteiger partial charge in [0.05, 0.1) is 16.3 Å². The number of hydrogen-bond donors (Lipinski definition) is 0. The fourth-order valence-electron chi connectivity index (χ4n) is 2.13. The van der Waals surface area contributed by atoms with E-state index in [9.17, 15) is 0 Å². The highest BCUT2D eigenvalue weighted by molar-refractivity contribution is 6.55. The van der Waals surface area contributed by atoms with Gasteiger partial charge in [0, 0.05) is 12.1 Å². The Morgan fingerprint density at radius 2 is 1.57 bits per heavy atom. The first-order chi connectivity index (χ1) is 14.3. The summed E-state index contributed by atoms with van der Waals surface area (Å²) in [7, 11) is 0. The molecule has 0 saturated carbocycles. The van der Waals surface area contributed by atoms with Crippen LogP contribution in [0, 0.1) is 0 Å². The number of hydrogen-bond acceptors (Lipinski definition) is 5. The van der Waals surface area contributed by atoms with Gasteiger partial charge in [-0.25, -0.2) is 0 Å². The number of rotatable bonds is 11. The summed E-state index contributed by atoms with van der Waals surface area (Å²) in [5, 5.41) is 4.54. The molecule has 5 nitrogen and oxygen atoms in total. The zero-order chi connectivity index (χ0) is 21.9. The highest BCUT2D eigenvalue weighted by atomic mass is 35.5. The van der Waals surface area contributed by atoms with Crippen LogP contribution in [-0.2, 0) is 4.84 Å². The van der Waals surface area contributed by atoms with Gasteiger partial charge in [0.1, 0.15) is 41.9 Å². The molecule has 0 aliphatic carbocycles. The van der Waals surface area contributed by atoms with E-state index in [0.717, 1.165) is 5.56 Å². The minimum absolute atomic E-state index is 0.0433. The highest BCUT2D eigenvalue weighted by Gasteiger charge is 2.11. The maximum Gasteiger partial charge on any atom is 0.156 e. The largest absolute Gasteiger partial charge is 0.490 e. The van der Waals surface area contributed by atoms with Crippen LogP contribution in [-0.4, -0.2) is 32.1 Å². The van der Waals surface area contributed by atoms with Gasteiger partial charge < -0.3 is 19.0 Å². The van der Waals surface area contributed by atoms with Crippen molar-refractivity contribution in [3.63, 3.8) is 0 Å². The predicted octanol–water partition coefficient (Wildman–Crippen LogP) is 6.91. The number of halogens is 4. The predicted molar refractivity (Wildman–Crippen MR) is 123 cm³/mol. The molecule has 0 aliphatic heterocycles. The molecule has 9 heteroatoms. The van der Waals surface area contributed by atoms with Crippen molar-refractivity contribution in [1.29, 1.82) is 0 Å². The second-order valence-corrected chi connectivity index (χ2v) is 8.00. The van der Waals surface area contributed by atoms with E-state index in [2.05, 4.69) is 5.16 Å². The van der Waals surface area contributed by atoms with Crippen molar-refractivity contribution in [2.75, 3.05) is 19.8 Å². The van der Waals surface area contributed by atoms with Gasteiger partial charge in [-0.1, -0.05) is 51.6 Å². The van der Waals surface area contributed by atoms with Crippen molar-refractivity contribution in [1.82, 2.24) is 0 Å². The zero-order valence-electron chi connectivity index (χ0n) is 16.4. The number of ether oxygens (including phenoxy) is 3. The van der Waals surface area contributed by atoms with Gasteiger partial charge in [-0.2, -0.15) is 0 Å². The first-order valence-corrected chi connectivity index (χ1v) is 10.5. The quantitative estimate of drug-likeness (QED) is 0.194. The molecule has 2 rings (SSSR count). The summed E-state index contributed by atoms with van der Waals surface area (Å²) in [6, 6.07) is 10.6. The molecule has 0 heterocycles. The van der Waals surface area contributed by atoms with Crippen LogP contribution in [0.1, 0.15) is 19.4 Å². The second-order valence-electron chi connectivity index (χ2n) is 6.18. The molecular formula is C21H21Cl4NO4. The van der Waals surface area contributed by atoms with Crippen LogP contribution >= 0.6 is 46.4 Å². The van der Waals surface area contributed by atoms with Crippen LogP contribution in [0.4, 0.5) is 0 Å². The topological polar surface area (TPSA) is 49.3 Å². The van der Waals surface area contributed by atoms with Gasteiger partial charge in [0.25, 0.3) is 0 Å². The van der Waals surface area contributed by atoms with Gasteiger partial charge in [-0.3, -0.25) is 0 Å². The zero-order valence-corrected chi connectivity index (χ0v) is 19.4. The van der Waals surface area contributed by atoms with E-state index < -0.39 is 0 Å². The molecule has 0 fully saturated rings. The maximum absolute atomic E-state index is 6.23. The lowest BCUT2D eigenvalue weighted by Crippen LogP contribution is -2.09. The van der Waals surface area contributed by atoms with Gasteiger partial charge in [0.2, 0.25) is 0 Å². The molecule has 0 unspecified atom stereocenters. The molecule has 2 aromatic rings. The smallest absolute Gasteiger partial charge is 0.156 e. The average molecular weight is 493 g/mol. The summed E-state index contributed by atoms with van der Waals surface area (Å²) in [6.07, 6.45) is 3.19. The summed E-state index contributed by atoms with van der Waals surface area (Å²) < 4.78 is 16.9. The number of benzene rings is 2. The summed E-state index contributed by atoms with van der Waals surface area (Å²) in [6.45, 7) is 4.59. The monoisotopic (exact) mass is 491 g/mol. The molecule has 30 heavy (non-hydrogen) atoms. The van der Waals surface area contributed by atoms with E-state index in [1.807, 2.05) is 38.1 Å². The Morgan fingerprint density at radius 1 is 0.933 bits per heavy atom. The summed E-state index contributed by atoms with van der Waals surface area (Å²) in [4.78, 5) is 5.13. The third-order valence-electron chi connectivity index (χ3n) is 3.41. The molecule has 0 bridgehead atoms. The first-order valence-electron chi connectivity index (χ1n) is 9.03. The van der Waals surface area contributed by atoms with Crippen LogP contribution < -0.4 is 14.2 Å². The lowest BCUT2D eigenvalue weighted by molar-refractivity contribution is 0.0873. The Morgan fingerprint density at radius 3 is 2.17 bits per heavy atom. The molecule has 0 radical (unpaired) electrons. The van der Waals surface area contributed by atoms with Crippen LogP contribution in [0.15, 0.2) is 52.1 Å². The summed E-state index contributed by atoms with van der Waals surface area (Å²) in [5.74, 6) is 1.53.